The van der Waals surface area contributed by atoms with E-state index in [9.17, 15) is 14.7 Å². The number of fused-ring (bicyclic) bond motifs is 2. The number of nitrogens with one attached hydrogen (secondary N) is 1. The molecule has 140 valence electrons. The van der Waals surface area contributed by atoms with Gasteiger partial charge < -0.3 is 10.4 Å². The molecule has 0 aliphatic heterocycles. The highest BCUT2D eigenvalue weighted by Crippen LogP contribution is 2.76. The lowest BCUT2D eigenvalue weighted by Crippen LogP contribution is -2.47. The quantitative estimate of drug-likeness (QED) is 0.595. The van der Waals surface area contributed by atoms with E-state index in [2.05, 4.69) is 5.32 Å². The first-order valence-corrected chi connectivity index (χ1v) is 9.59. The normalized spacial score (nSPS) is 34.9. The molecule has 4 atom stereocenters. The Kier molecular flexibility index (Phi) is 4.96. The number of benzene rings is 1. The number of carboxylic acid groups (broad SMARTS) is 1. The summed E-state index contributed by atoms with van der Waals surface area (Å²) < 4.78 is -2.12. The van der Waals surface area contributed by atoms with E-state index in [0.29, 0.717) is 5.69 Å². The number of halogens is 6. The monoisotopic (exact) mass is 475 g/mol. The third-order valence-electron chi connectivity index (χ3n) is 4.77. The zero-order valence-electron chi connectivity index (χ0n) is 13.0. The molecular formula is C16H11Cl6NO3. The van der Waals surface area contributed by atoms with Gasteiger partial charge in [-0.15, -0.1) is 23.2 Å². The molecule has 10 heteroatoms. The van der Waals surface area contributed by atoms with Crippen LogP contribution in [0, 0.1) is 18.8 Å². The van der Waals surface area contributed by atoms with E-state index in [4.69, 9.17) is 69.6 Å². The molecule has 0 heterocycles. The first-order valence-electron chi connectivity index (χ1n) is 7.33. The number of hydrogen-bond donors (Lipinski definition) is 2. The van der Waals surface area contributed by atoms with Crippen molar-refractivity contribution in [3.05, 3.63) is 39.9 Å². The van der Waals surface area contributed by atoms with Gasteiger partial charge in [0.1, 0.15) is 9.75 Å². The summed E-state index contributed by atoms with van der Waals surface area (Å²) in [5.41, 5.74) is 1.34. The van der Waals surface area contributed by atoms with Crippen LogP contribution in [0.25, 0.3) is 0 Å². The topological polar surface area (TPSA) is 66.4 Å². The average Bonchev–Trinajstić information content (AvgIpc) is 2.74. The molecule has 0 aromatic heterocycles. The molecule has 2 aliphatic carbocycles. The second-order valence-electron chi connectivity index (χ2n) is 6.28. The molecule has 2 bridgehead atoms. The van der Waals surface area contributed by atoms with Crippen LogP contribution in [0.15, 0.2) is 34.3 Å². The Labute approximate surface area is 179 Å². The van der Waals surface area contributed by atoms with Crippen LogP contribution in [0.1, 0.15) is 5.56 Å². The van der Waals surface area contributed by atoms with Crippen molar-refractivity contribution in [1.29, 1.82) is 0 Å². The second-order valence-corrected chi connectivity index (χ2v) is 9.55. The molecule has 1 saturated carbocycles. The number of hydrogen-bond acceptors (Lipinski definition) is 2. The van der Waals surface area contributed by atoms with E-state index in [1.54, 1.807) is 18.2 Å². The van der Waals surface area contributed by atoms with Crippen LogP contribution in [0.2, 0.25) is 0 Å². The zero-order chi connectivity index (χ0) is 19.7. The summed E-state index contributed by atoms with van der Waals surface area (Å²) in [4.78, 5) is 20.9. The molecule has 3 rings (SSSR count). The summed E-state index contributed by atoms with van der Waals surface area (Å²) in [6, 6.07) is 6.92. The molecule has 1 aromatic carbocycles. The number of aryl methyl sites for hydroxylation is 1. The maximum absolute atomic E-state index is 13.0. The summed E-state index contributed by atoms with van der Waals surface area (Å²) >= 11 is 38.1. The maximum atomic E-state index is 13.0. The number of carbonyl (C=O) groups excluding carboxylic acids is 1. The van der Waals surface area contributed by atoms with Crippen LogP contribution < -0.4 is 5.32 Å². The van der Waals surface area contributed by atoms with Crippen molar-refractivity contribution in [2.45, 2.75) is 21.0 Å². The Morgan fingerprint density at radius 1 is 1.04 bits per heavy atom. The summed E-state index contributed by atoms with van der Waals surface area (Å²) in [6.45, 7) is 1.84. The number of alkyl halides is 4. The predicted octanol–water partition coefficient (Wildman–Crippen LogP) is 5.10. The highest BCUT2D eigenvalue weighted by molar-refractivity contribution is 6.66. The Bertz CT molecular complexity index is 856. The van der Waals surface area contributed by atoms with Crippen molar-refractivity contribution in [1.82, 2.24) is 0 Å². The molecule has 4 nitrogen and oxygen atoms in total. The first-order chi connectivity index (χ1) is 11.9. The average molecular weight is 478 g/mol. The van der Waals surface area contributed by atoms with Crippen molar-refractivity contribution < 1.29 is 14.7 Å². The third-order valence-corrected chi connectivity index (χ3v) is 9.03. The molecule has 0 unspecified atom stereocenters. The standard InChI is InChI=1S/C16H11Cl6NO3/c1-6-3-2-4-7(5-6)23-12(24)8-9(13(25)26)15(20)11(18)10(17)14(8,19)16(15,21)22/h2-5,8-9H,1H3,(H,23,24)(H,25,26)/t8-,9+,14-,15-/m1/s1. The third kappa shape index (κ3) is 2.36. The predicted molar refractivity (Wildman–Crippen MR) is 105 cm³/mol. The van der Waals surface area contributed by atoms with Crippen molar-refractivity contribution in [3.8, 4) is 0 Å². The molecule has 26 heavy (non-hydrogen) atoms. The summed E-state index contributed by atoms with van der Waals surface area (Å²) in [7, 11) is 0. The number of aliphatic carboxylic acids is 1. The van der Waals surface area contributed by atoms with Gasteiger partial charge >= 0.3 is 5.97 Å². The zero-order valence-corrected chi connectivity index (χ0v) is 17.5. The summed E-state index contributed by atoms with van der Waals surface area (Å²) in [5.74, 6) is -5.19. The van der Waals surface area contributed by atoms with E-state index < -0.39 is 37.8 Å². The van der Waals surface area contributed by atoms with Gasteiger partial charge in [-0.1, -0.05) is 58.5 Å². The lowest BCUT2D eigenvalue weighted by Gasteiger charge is -2.33. The maximum Gasteiger partial charge on any atom is 0.309 e. The summed E-state index contributed by atoms with van der Waals surface area (Å²) in [6.07, 6.45) is 0. The highest BCUT2D eigenvalue weighted by atomic mass is 35.5. The van der Waals surface area contributed by atoms with Gasteiger partial charge in [0.2, 0.25) is 5.91 Å². The number of amides is 1. The lowest BCUT2D eigenvalue weighted by molar-refractivity contribution is -0.146. The number of allylic oxidation sites excluding steroid dienone is 2. The van der Waals surface area contributed by atoms with Gasteiger partial charge in [-0.3, -0.25) is 9.59 Å². The van der Waals surface area contributed by atoms with Crippen LogP contribution in [-0.2, 0) is 9.59 Å². The van der Waals surface area contributed by atoms with Gasteiger partial charge in [0.25, 0.3) is 0 Å². The van der Waals surface area contributed by atoms with Crippen LogP contribution in [-0.4, -0.2) is 31.1 Å². The van der Waals surface area contributed by atoms with Gasteiger partial charge in [0.15, 0.2) is 4.33 Å². The van der Waals surface area contributed by atoms with Crippen LogP contribution in [0.5, 0.6) is 0 Å². The Morgan fingerprint density at radius 2 is 1.58 bits per heavy atom. The molecule has 1 aromatic rings. The van der Waals surface area contributed by atoms with Crippen molar-refractivity contribution in [2.24, 2.45) is 11.8 Å². The van der Waals surface area contributed by atoms with Crippen LogP contribution >= 0.6 is 69.6 Å². The van der Waals surface area contributed by atoms with E-state index >= 15 is 0 Å². The van der Waals surface area contributed by atoms with Crippen molar-refractivity contribution in [3.63, 3.8) is 0 Å². The number of anilines is 1. The molecule has 1 fully saturated rings. The Morgan fingerprint density at radius 3 is 2.08 bits per heavy atom. The van der Waals surface area contributed by atoms with Crippen molar-refractivity contribution in [2.75, 3.05) is 5.32 Å². The van der Waals surface area contributed by atoms with E-state index in [1.165, 1.54) is 0 Å². The molecular weight excluding hydrogens is 467 g/mol. The fourth-order valence-corrected chi connectivity index (χ4v) is 6.51. The molecule has 0 saturated heterocycles. The van der Waals surface area contributed by atoms with Crippen LogP contribution in [0.4, 0.5) is 5.69 Å². The fourth-order valence-electron chi connectivity index (χ4n) is 3.57. The second kappa shape index (κ2) is 6.33. The molecule has 2 aliphatic rings. The van der Waals surface area contributed by atoms with Crippen molar-refractivity contribution >= 4 is 87.2 Å². The minimum Gasteiger partial charge on any atom is -0.481 e. The van der Waals surface area contributed by atoms with Crippen LogP contribution in [0.3, 0.4) is 0 Å². The minimum atomic E-state index is -2.12. The fraction of sp³-hybridized carbons (Fsp3) is 0.375. The Hall–Kier alpha value is -0.360. The van der Waals surface area contributed by atoms with Gasteiger partial charge in [0, 0.05) is 5.69 Å². The Balaban J connectivity index is 2.11. The van der Waals surface area contributed by atoms with Gasteiger partial charge in [-0.2, -0.15) is 0 Å². The van der Waals surface area contributed by atoms with Gasteiger partial charge in [-0.25, -0.2) is 0 Å². The number of rotatable bonds is 3. The highest BCUT2D eigenvalue weighted by Gasteiger charge is 2.85. The molecule has 0 spiro atoms. The van der Waals surface area contributed by atoms with Gasteiger partial charge in [0.05, 0.1) is 21.9 Å². The minimum absolute atomic E-state index is 0.234. The van der Waals surface area contributed by atoms with E-state index in [1.807, 2.05) is 13.0 Å². The number of carbonyl (C=O) groups is 2. The lowest BCUT2D eigenvalue weighted by atomic mass is 9.81. The summed E-state index contributed by atoms with van der Waals surface area (Å²) in [5, 5.41) is 11.8. The van der Waals surface area contributed by atoms with E-state index in [-0.39, 0.29) is 10.1 Å². The largest absolute Gasteiger partial charge is 0.481 e. The molecule has 2 N–H and O–H groups in total. The molecule has 0 radical (unpaired) electrons. The number of carboxylic acids is 1. The van der Waals surface area contributed by atoms with Gasteiger partial charge in [-0.05, 0) is 24.6 Å². The SMILES string of the molecule is Cc1cccc(NC(=O)[C@H]2[C@@H](C(=O)O)[C@@]3(Cl)C(Cl)=C(Cl)[C@@]2(Cl)C3(Cl)Cl)c1. The smallest absolute Gasteiger partial charge is 0.309 e. The molecule has 1 amide bonds. The first kappa shape index (κ1) is 20.4. The van der Waals surface area contributed by atoms with E-state index in [0.717, 1.165) is 5.56 Å².